The lowest BCUT2D eigenvalue weighted by molar-refractivity contribution is 0.0950. The molecule has 0 aliphatic carbocycles. The van der Waals surface area contributed by atoms with E-state index in [0.717, 1.165) is 11.4 Å². The van der Waals surface area contributed by atoms with E-state index in [1.165, 1.54) is 0 Å². The molecule has 108 valence electrons. The lowest BCUT2D eigenvalue weighted by Gasteiger charge is -2.04. The van der Waals surface area contributed by atoms with Crippen molar-refractivity contribution in [3.63, 3.8) is 0 Å². The van der Waals surface area contributed by atoms with Crippen molar-refractivity contribution in [1.82, 2.24) is 24.9 Å². The first-order valence-corrected chi connectivity index (χ1v) is 7.16. The van der Waals surface area contributed by atoms with Crippen LogP contribution in [0.25, 0.3) is 0 Å². The van der Waals surface area contributed by atoms with Crippen molar-refractivity contribution in [1.29, 1.82) is 0 Å². The molecule has 0 bridgehead atoms. The number of hydrogen-bond acceptors (Lipinski definition) is 4. The van der Waals surface area contributed by atoms with E-state index in [9.17, 15) is 4.79 Å². The fourth-order valence-corrected chi connectivity index (χ4v) is 2.02. The molecule has 1 amide bonds. The molecule has 0 saturated heterocycles. The minimum absolute atomic E-state index is 0.204. The summed E-state index contributed by atoms with van der Waals surface area (Å²) in [6.07, 6.45) is 1.74. The zero-order chi connectivity index (χ0) is 14.7. The van der Waals surface area contributed by atoms with E-state index in [2.05, 4.69) is 28.1 Å². The van der Waals surface area contributed by atoms with E-state index < -0.39 is 0 Å². The lowest BCUT2D eigenvalue weighted by Crippen LogP contribution is -2.26. The Morgan fingerprint density at radius 1 is 1.45 bits per heavy atom. The minimum Gasteiger partial charge on any atom is -0.350 e. The monoisotopic (exact) mass is 313 g/mol. The van der Waals surface area contributed by atoms with Gasteiger partial charge in [0.25, 0.3) is 5.91 Å². The summed E-state index contributed by atoms with van der Waals surface area (Å²) in [7, 11) is 0. The van der Waals surface area contributed by atoms with Crippen molar-refractivity contribution in [3.05, 3.63) is 34.4 Å². The van der Waals surface area contributed by atoms with Gasteiger partial charge in [-0.05, 0) is 19.9 Å². The summed E-state index contributed by atoms with van der Waals surface area (Å²) in [5.41, 5.74) is 2.03. The summed E-state index contributed by atoms with van der Waals surface area (Å²) in [5, 5.41) is 11.9. The van der Waals surface area contributed by atoms with Crippen LogP contribution in [0.2, 0.25) is 5.02 Å². The molecule has 0 aromatic carbocycles. The van der Waals surface area contributed by atoms with Gasteiger partial charge in [-0.2, -0.15) is 22.8 Å². The molecule has 2 rings (SSSR count). The first-order valence-electron chi connectivity index (χ1n) is 6.15. The summed E-state index contributed by atoms with van der Waals surface area (Å²) in [5.74, 6) is 0.390. The van der Waals surface area contributed by atoms with E-state index in [1.54, 1.807) is 21.6 Å². The zero-order valence-corrected chi connectivity index (χ0v) is 12.9. The highest BCUT2D eigenvalue weighted by Gasteiger charge is 2.12. The minimum atomic E-state index is -0.204. The summed E-state index contributed by atoms with van der Waals surface area (Å²) in [4.78, 5) is 11.7. The van der Waals surface area contributed by atoms with Crippen LogP contribution in [0.4, 0.5) is 0 Å². The Morgan fingerprint density at radius 3 is 2.80 bits per heavy atom. The number of rotatable bonds is 5. The summed E-state index contributed by atoms with van der Waals surface area (Å²) in [6, 6.07) is 1.67. The van der Waals surface area contributed by atoms with Gasteiger partial charge in [0, 0.05) is 18.5 Å². The summed E-state index contributed by atoms with van der Waals surface area (Å²) in [6.45, 7) is 4.68. The first kappa shape index (κ1) is 14.9. The molecule has 0 radical (unpaired) electrons. The predicted octanol–water partition coefficient (Wildman–Crippen LogP) is 1.52. The predicted molar refractivity (Wildman–Crippen MR) is 80.5 cm³/mol. The van der Waals surface area contributed by atoms with Gasteiger partial charge in [-0.3, -0.25) is 9.48 Å². The highest BCUT2D eigenvalue weighted by molar-refractivity contribution is 7.80. The Morgan fingerprint density at radius 2 is 2.20 bits per heavy atom. The molecule has 6 nitrogen and oxygen atoms in total. The zero-order valence-electron chi connectivity index (χ0n) is 11.3. The number of nitrogens with one attached hydrogen (secondary N) is 1. The molecule has 0 fully saturated rings. The third-order valence-electron chi connectivity index (χ3n) is 2.84. The Bertz CT molecular complexity index is 621. The SMILES string of the molecule is Cc1nn(Cn2ccc(C(=O)NCCS)n2)c(C)c1Cl. The van der Waals surface area contributed by atoms with Crippen LogP contribution in [0.15, 0.2) is 12.3 Å². The molecule has 20 heavy (non-hydrogen) atoms. The number of carbonyl (C=O) groups is 1. The van der Waals surface area contributed by atoms with Crippen molar-refractivity contribution in [2.75, 3.05) is 12.3 Å². The van der Waals surface area contributed by atoms with Crippen molar-refractivity contribution in [2.24, 2.45) is 0 Å². The van der Waals surface area contributed by atoms with Gasteiger partial charge >= 0.3 is 0 Å². The standard InChI is InChI=1S/C12H16ClN5OS/c1-8-11(13)9(2)18(15-8)7-17-5-3-10(16-17)12(19)14-4-6-20/h3,5,20H,4,6-7H2,1-2H3,(H,14,19). The molecule has 0 spiro atoms. The number of nitrogens with zero attached hydrogens (tertiary/aromatic N) is 4. The van der Waals surface area contributed by atoms with Crippen LogP contribution in [0.1, 0.15) is 21.9 Å². The molecule has 0 aliphatic rings. The average Bonchev–Trinajstić information content (AvgIpc) is 2.98. The van der Waals surface area contributed by atoms with Gasteiger partial charge in [0.05, 0.1) is 16.4 Å². The second-order valence-electron chi connectivity index (χ2n) is 4.35. The van der Waals surface area contributed by atoms with Gasteiger partial charge < -0.3 is 5.32 Å². The molecule has 8 heteroatoms. The molecule has 2 aromatic heterocycles. The van der Waals surface area contributed by atoms with Crippen LogP contribution in [0.5, 0.6) is 0 Å². The number of thiol groups is 1. The summed E-state index contributed by atoms with van der Waals surface area (Å²) < 4.78 is 3.39. The second-order valence-corrected chi connectivity index (χ2v) is 5.17. The molecule has 0 unspecified atom stereocenters. The third kappa shape index (κ3) is 3.16. The summed E-state index contributed by atoms with van der Waals surface area (Å²) >= 11 is 10.1. The number of aromatic nitrogens is 4. The first-order chi connectivity index (χ1) is 9.52. The van der Waals surface area contributed by atoms with Gasteiger partial charge in [-0.1, -0.05) is 11.6 Å². The van der Waals surface area contributed by atoms with Crippen LogP contribution in [0, 0.1) is 13.8 Å². The topological polar surface area (TPSA) is 64.7 Å². The number of halogens is 1. The number of hydrogen-bond donors (Lipinski definition) is 2. The van der Waals surface area contributed by atoms with Crippen LogP contribution in [-0.4, -0.2) is 37.8 Å². The van der Waals surface area contributed by atoms with E-state index in [4.69, 9.17) is 11.6 Å². The van der Waals surface area contributed by atoms with E-state index in [-0.39, 0.29) is 5.91 Å². The molecule has 0 atom stereocenters. The van der Waals surface area contributed by atoms with Gasteiger partial charge in [0.2, 0.25) is 0 Å². The molecule has 2 aromatic rings. The Kier molecular flexibility index (Phi) is 4.72. The van der Waals surface area contributed by atoms with E-state index in [0.29, 0.717) is 29.7 Å². The maximum atomic E-state index is 11.7. The molecule has 0 aliphatic heterocycles. The largest absolute Gasteiger partial charge is 0.350 e. The van der Waals surface area contributed by atoms with Gasteiger partial charge in [0.15, 0.2) is 0 Å². The molecular weight excluding hydrogens is 298 g/mol. The van der Waals surface area contributed by atoms with Crippen molar-refractivity contribution < 1.29 is 4.79 Å². The Labute approximate surface area is 127 Å². The van der Waals surface area contributed by atoms with Gasteiger partial charge in [-0.25, -0.2) is 4.68 Å². The smallest absolute Gasteiger partial charge is 0.271 e. The maximum Gasteiger partial charge on any atom is 0.271 e. The average molecular weight is 314 g/mol. The van der Waals surface area contributed by atoms with Gasteiger partial charge in [0.1, 0.15) is 12.4 Å². The molecule has 1 N–H and O–H groups in total. The van der Waals surface area contributed by atoms with Crippen LogP contribution in [-0.2, 0) is 6.67 Å². The molecule has 2 heterocycles. The molecule has 0 saturated carbocycles. The van der Waals surface area contributed by atoms with Crippen molar-refractivity contribution in [3.8, 4) is 0 Å². The Balaban J connectivity index is 2.09. The van der Waals surface area contributed by atoms with E-state index >= 15 is 0 Å². The third-order valence-corrected chi connectivity index (χ3v) is 3.61. The van der Waals surface area contributed by atoms with Crippen LogP contribution in [0.3, 0.4) is 0 Å². The lowest BCUT2D eigenvalue weighted by atomic mass is 10.4. The van der Waals surface area contributed by atoms with Gasteiger partial charge in [-0.15, -0.1) is 0 Å². The Hall–Kier alpha value is -1.47. The quantitative estimate of drug-likeness (QED) is 0.823. The number of aryl methyl sites for hydroxylation is 1. The highest BCUT2D eigenvalue weighted by atomic mass is 35.5. The van der Waals surface area contributed by atoms with Crippen molar-refractivity contribution in [2.45, 2.75) is 20.5 Å². The number of carbonyl (C=O) groups excluding carboxylic acids is 1. The normalized spacial score (nSPS) is 10.8. The van der Waals surface area contributed by atoms with E-state index in [1.807, 2.05) is 13.8 Å². The second kappa shape index (κ2) is 6.32. The fraction of sp³-hybridized carbons (Fsp3) is 0.417. The van der Waals surface area contributed by atoms with Crippen LogP contribution < -0.4 is 5.32 Å². The van der Waals surface area contributed by atoms with Crippen molar-refractivity contribution >= 4 is 30.1 Å². The molecular formula is C12H16ClN5OS. The number of amides is 1. The highest BCUT2D eigenvalue weighted by Crippen LogP contribution is 2.18. The maximum absolute atomic E-state index is 11.7. The van der Waals surface area contributed by atoms with Crippen LogP contribution >= 0.6 is 24.2 Å². The fourth-order valence-electron chi connectivity index (χ4n) is 1.77.